The number of halogens is 2. The molecule has 0 saturated heterocycles. The van der Waals surface area contributed by atoms with Crippen LogP contribution in [-0.2, 0) is 16.0 Å². The summed E-state index contributed by atoms with van der Waals surface area (Å²) in [6.45, 7) is 1.91. The molecule has 0 bridgehead atoms. The number of rotatable bonds is 4. The van der Waals surface area contributed by atoms with Crippen LogP contribution in [0, 0.1) is 11.3 Å². The Balaban J connectivity index is 2.91. The molecule has 0 unspecified atom stereocenters. The van der Waals surface area contributed by atoms with Crippen molar-refractivity contribution < 1.29 is 18.3 Å². The van der Waals surface area contributed by atoms with E-state index in [0.717, 1.165) is 6.20 Å². The van der Waals surface area contributed by atoms with Gasteiger partial charge in [-0.25, -0.2) is 8.78 Å². The molecule has 0 aliphatic carbocycles. The molecule has 0 aliphatic rings. The molecule has 1 aromatic rings. The quantitative estimate of drug-likeness (QED) is 0.755. The van der Waals surface area contributed by atoms with Gasteiger partial charge in [-0.2, -0.15) is 5.26 Å². The molecule has 1 aromatic heterocycles. The lowest BCUT2D eigenvalue weighted by Gasteiger charge is -2.05. The summed E-state index contributed by atoms with van der Waals surface area (Å²) in [7, 11) is 0. The van der Waals surface area contributed by atoms with E-state index in [2.05, 4.69) is 4.98 Å². The largest absolute Gasteiger partial charge is 0.466 e. The van der Waals surface area contributed by atoms with Crippen LogP contribution in [0.25, 0.3) is 0 Å². The van der Waals surface area contributed by atoms with Gasteiger partial charge in [0.2, 0.25) is 0 Å². The SMILES string of the molecule is CCOC(=O)Cc1cnc(C(F)F)c(C#N)c1. The zero-order valence-electron chi connectivity index (χ0n) is 9.11. The van der Waals surface area contributed by atoms with Crippen molar-refractivity contribution in [3.05, 3.63) is 29.1 Å². The first kappa shape index (κ1) is 13.0. The fourth-order valence-corrected chi connectivity index (χ4v) is 1.26. The molecule has 0 saturated carbocycles. The third-order valence-corrected chi connectivity index (χ3v) is 1.96. The van der Waals surface area contributed by atoms with Crippen molar-refractivity contribution in [1.29, 1.82) is 5.26 Å². The van der Waals surface area contributed by atoms with Crippen LogP contribution in [-0.4, -0.2) is 17.6 Å². The summed E-state index contributed by atoms with van der Waals surface area (Å²) in [6.07, 6.45) is -1.74. The fraction of sp³-hybridized carbons (Fsp3) is 0.364. The van der Waals surface area contributed by atoms with Crippen LogP contribution < -0.4 is 0 Å². The molecular weight excluding hydrogens is 230 g/mol. The second kappa shape index (κ2) is 5.89. The van der Waals surface area contributed by atoms with Crippen LogP contribution >= 0.6 is 0 Å². The standard InChI is InChI=1S/C11H10F2N2O2/c1-2-17-9(16)4-7-3-8(5-14)10(11(12)13)15-6-7/h3,6,11H,2,4H2,1H3. The Kier molecular flexibility index (Phi) is 4.52. The van der Waals surface area contributed by atoms with Gasteiger partial charge in [0.15, 0.2) is 0 Å². The number of nitriles is 1. The minimum atomic E-state index is -2.80. The number of nitrogens with zero attached hydrogens (tertiary/aromatic N) is 2. The summed E-state index contributed by atoms with van der Waals surface area (Å²) in [4.78, 5) is 14.6. The molecule has 4 nitrogen and oxygen atoms in total. The number of aromatic nitrogens is 1. The van der Waals surface area contributed by atoms with Crippen LogP contribution in [0.1, 0.15) is 30.2 Å². The third kappa shape index (κ3) is 3.48. The lowest BCUT2D eigenvalue weighted by molar-refractivity contribution is -0.142. The molecule has 0 spiro atoms. The number of hydrogen-bond acceptors (Lipinski definition) is 4. The van der Waals surface area contributed by atoms with E-state index < -0.39 is 18.1 Å². The van der Waals surface area contributed by atoms with Crippen molar-refractivity contribution in [3.8, 4) is 6.07 Å². The van der Waals surface area contributed by atoms with Gasteiger partial charge in [-0.15, -0.1) is 0 Å². The number of ether oxygens (including phenoxy) is 1. The van der Waals surface area contributed by atoms with E-state index in [-0.39, 0.29) is 18.6 Å². The van der Waals surface area contributed by atoms with E-state index >= 15 is 0 Å². The zero-order valence-corrected chi connectivity index (χ0v) is 9.11. The Labute approximate surface area is 96.8 Å². The van der Waals surface area contributed by atoms with Crippen LogP contribution in [0.5, 0.6) is 0 Å². The molecule has 0 N–H and O–H groups in total. The summed E-state index contributed by atoms with van der Waals surface area (Å²) < 4.78 is 29.5. The van der Waals surface area contributed by atoms with Crippen LogP contribution in [0.3, 0.4) is 0 Å². The number of carbonyl (C=O) groups excluding carboxylic acids is 1. The van der Waals surface area contributed by atoms with Crippen LogP contribution in [0.2, 0.25) is 0 Å². The van der Waals surface area contributed by atoms with Gasteiger partial charge in [-0.1, -0.05) is 0 Å². The van der Waals surface area contributed by atoms with Crippen molar-refractivity contribution in [3.63, 3.8) is 0 Å². The second-order valence-electron chi connectivity index (χ2n) is 3.17. The summed E-state index contributed by atoms with van der Waals surface area (Å²) in [5.74, 6) is -0.483. The zero-order chi connectivity index (χ0) is 12.8. The minimum Gasteiger partial charge on any atom is -0.466 e. The number of hydrogen-bond donors (Lipinski definition) is 0. The monoisotopic (exact) mass is 240 g/mol. The van der Waals surface area contributed by atoms with Crippen LogP contribution in [0.4, 0.5) is 8.78 Å². The molecule has 0 aliphatic heterocycles. The normalized spacial score (nSPS) is 10.1. The van der Waals surface area contributed by atoms with E-state index in [1.807, 2.05) is 0 Å². The molecular formula is C11H10F2N2O2. The predicted molar refractivity (Wildman–Crippen MR) is 54.2 cm³/mol. The average Bonchev–Trinajstić information content (AvgIpc) is 2.28. The maximum atomic E-state index is 12.4. The number of pyridine rings is 1. The van der Waals surface area contributed by atoms with Crippen molar-refractivity contribution in [2.24, 2.45) is 0 Å². The third-order valence-electron chi connectivity index (χ3n) is 1.96. The van der Waals surface area contributed by atoms with Gasteiger partial charge in [-0.05, 0) is 18.6 Å². The molecule has 0 aromatic carbocycles. The summed E-state index contributed by atoms with van der Waals surface area (Å²) in [6, 6.07) is 2.86. The van der Waals surface area contributed by atoms with E-state index in [1.54, 1.807) is 13.0 Å². The van der Waals surface area contributed by atoms with Gasteiger partial charge >= 0.3 is 5.97 Å². The summed E-state index contributed by atoms with van der Waals surface area (Å²) >= 11 is 0. The molecule has 0 radical (unpaired) electrons. The van der Waals surface area contributed by atoms with Gasteiger partial charge in [0.05, 0.1) is 18.6 Å². The maximum Gasteiger partial charge on any atom is 0.310 e. The molecule has 0 amide bonds. The first-order valence-electron chi connectivity index (χ1n) is 4.91. The first-order valence-corrected chi connectivity index (χ1v) is 4.91. The highest BCUT2D eigenvalue weighted by Gasteiger charge is 2.16. The molecule has 1 rings (SSSR count). The van der Waals surface area contributed by atoms with Gasteiger partial charge in [-0.3, -0.25) is 9.78 Å². The molecule has 1 heterocycles. The van der Waals surface area contributed by atoms with Gasteiger partial charge in [0.25, 0.3) is 6.43 Å². The Morgan fingerprint density at radius 3 is 2.88 bits per heavy atom. The molecule has 17 heavy (non-hydrogen) atoms. The summed E-state index contributed by atoms with van der Waals surface area (Å²) in [5, 5.41) is 8.69. The predicted octanol–water partition coefficient (Wildman–Crippen LogP) is 2.00. The lowest BCUT2D eigenvalue weighted by Crippen LogP contribution is -2.08. The van der Waals surface area contributed by atoms with E-state index in [0.29, 0.717) is 5.56 Å². The fourth-order valence-electron chi connectivity index (χ4n) is 1.26. The highest BCUT2D eigenvalue weighted by atomic mass is 19.3. The smallest absolute Gasteiger partial charge is 0.310 e. The van der Waals surface area contributed by atoms with E-state index in [1.165, 1.54) is 6.07 Å². The van der Waals surface area contributed by atoms with E-state index in [9.17, 15) is 13.6 Å². The Bertz CT molecular complexity index is 455. The minimum absolute atomic E-state index is 0.0843. The topological polar surface area (TPSA) is 63.0 Å². The molecule has 90 valence electrons. The Morgan fingerprint density at radius 1 is 1.65 bits per heavy atom. The molecule has 0 fully saturated rings. The Morgan fingerprint density at radius 2 is 2.35 bits per heavy atom. The molecule has 6 heteroatoms. The van der Waals surface area contributed by atoms with Gasteiger partial charge in [0, 0.05) is 6.20 Å². The average molecular weight is 240 g/mol. The maximum absolute atomic E-state index is 12.4. The van der Waals surface area contributed by atoms with Crippen molar-refractivity contribution in [2.45, 2.75) is 19.8 Å². The first-order chi connectivity index (χ1) is 8.08. The Hall–Kier alpha value is -2.03. The summed E-state index contributed by atoms with van der Waals surface area (Å²) in [5.41, 5.74) is -0.411. The highest BCUT2D eigenvalue weighted by molar-refractivity contribution is 5.72. The number of alkyl halides is 2. The van der Waals surface area contributed by atoms with Gasteiger partial charge in [0.1, 0.15) is 11.8 Å². The van der Waals surface area contributed by atoms with E-state index in [4.69, 9.17) is 10.00 Å². The number of carbonyl (C=O) groups is 1. The lowest BCUT2D eigenvalue weighted by atomic mass is 10.1. The number of esters is 1. The highest BCUT2D eigenvalue weighted by Crippen LogP contribution is 2.20. The van der Waals surface area contributed by atoms with Crippen molar-refractivity contribution in [1.82, 2.24) is 4.98 Å². The van der Waals surface area contributed by atoms with Gasteiger partial charge < -0.3 is 4.74 Å². The molecule has 0 atom stereocenters. The van der Waals surface area contributed by atoms with Crippen LogP contribution in [0.15, 0.2) is 12.3 Å². The van der Waals surface area contributed by atoms with Crippen molar-refractivity contribution in [2.75, 3.05) is 6.61 Å². The van der Waals surface area contributed by atoms with Crippen molar-refractivity contribution >= 4 is 5.97 Å². The second-order valence-corrected chi connectivity index (χ2v) is 3.17.